The largest absolute Gasteiger partial charge is 0.396 e. The molecule has 0 aromatic carbocycles. The van der Waals surface area contributed by atoms with Crippen LogP contribution in [0.5, 0.6) is 0 Å². The Morgan fingerprint density at radius 1 is 0.177 bits per heavy atom. The van der Waals surface area contributed by atoms with E-state index < -0.39 is 0 Å². The van der Waals surface area contributed by atoms with Gasteiger partial charge in [0.05, 0.1) is 0 Å². The maximum atomic E-state index is 9.11. The van der Waals surface area contributed by atoms with Gasteiger partial charge in [-0.1, -0.05) is 217 Å². The van der Waals surface area contributed by atoms with E-state index in [1.165, 1.54) is 216 Å². The van der Waals surface area contributed by atoms with Gasteiger partial charge in [0.1, 0.15) is 0 Å². The lowest BCUT2D eigenvalue weighted by molar-refractivity contribution is 0.259. The van der Waals surface area contributed by atoms with Crippen molar-refractivity contribution < 1.29 is 5.11 Å². The Bertz CT molecular complexity index is 2680. The molecule has 0 fully saturated rings. The van der Waals surface area contributed by atoms with E-state index in [1.54, 1.807) is 0 Å². The van der Waals surface area contributed by atoms with E-state index in [-0.39, 0.29) is 0 Å². The monoisotopic (exact) mass is 1310 g/mol. The van der Waals surface area contributed by atoms with E-state index in [1.807, 2.05) is 0 Å². The molecule has 0 amide bonds. The molecule has 542 valence electrons. The van der Waals surface area contributed by atoms with Crippen molar-refractivity contribution in [1.29, 1.82) is 0 Å². The minimum Gasteiger partial charge on any atom is -0.396 e. The van der Waals surface area contributed by atoms with Crippen molar-refractivity contribution >= 4 is 0 Å². The standard InChI is InChI=1S/C95H156O/c1-77(2)39-21-40-78(3)41-22-42-79(4)43-23-44-80(5)45-24-46-81(6)47-25-48-82(7)49-26-50-83(8)51-27-52-84(9)53-28-54-85(10)55-29-56-86(11)57-30-58-87(12)59-31-60-88(13)61-32-62-89(14)63-33-64-90(15)65-34-66-91(16)67-35-68-92(17)69-36-70-93(18)71-37-72-94(19)73-38-74-95(20)75-76-96/h39,41,43,45,47,49,51,53,55,57,59,61,63,65,67,69,71,73,95-96H,21-38,40,42,44,46,48,50,52,54,56,58,60,62,64,66,68,70,72,74-76H2,1-20H3/b78-41+,79-43+,80-45+,81-47+,82-49+,83-51+,84-53+,85-55+,86-57+,87-59+,88-61+,89-63+,90-65+,91-67+,92-69+,93-71+,94-73+. The molecule has 0 rings (SSSR count). The number of allylic oxidation sites excluding steroid dienone is 36. The van der Waals surface area contributed by atoms with Crippen LogP contribution in [-0.4, -0.2) is 11.7 Å². The Morgan fingerprint density at radius 3 is 0.406 bits per heavy atom. The first-order valence-electron chi connectivity index (χ1n) is 39.3. The van der Waals surface area contributed by atoms with Crippen LogP contribution in [0.3, 0.4) is 0 Å². The van der Waals surface area contributed by atoms with Gasteiger partial charge in [-0.05, 0) is 375 Å². The maximum Gasteiger partial charge on any atom is 0.0433 e. The summed E-state index contributed by atoms with van der Waals surface area (Å²) < 4.78 is 0. The van der Waals surface area contributed by atoms with Gasteiger partial charge in [0, 0.05) is 6.61 Å². The van der Waals surface area contributed by atoms with Crippen LogP contribution in [0.25, 0.3) is 0 Å². The third-order valence-corrected chi connectivity index (χ3v) is 19.4. The molecule has 1 heteroatoms. The fourth-order valence-corrected chi connectivity index (χ4v) is 12.0. The minimum absolute atomic E-state index is 0.309. The van der Waals surface area contributed by atoms with Crippen molar-refractivity contribution in [2.24, 2.45) is 5.92 Å². The van der Waals surface area contributed by atoms with Crippen LogP contribution in [0.4, 0.5) is 0 Å². The van der Waals surface area contributed by atoms with Crippen molar-refractivity contribution in [3.63, 3.8) is 0 Å². The number of hydrogen-bond donors (Lipinski definition) is 1. The fourth-order valence-electron chi connectivity index (χ4n) is 12.0. The van der Waals surface area contributed by atoms with Crippen molar-refractivity contribution in [2.75, 3.05) is 6.61 Å². The highest BCUT2D eigenvalue weighted by atomic mass is 16.3. The zero-order chi connectivity index (χ0) is 71.6. The summed E-state index contributed by atoms with van der Waals surface area (Å²) in [6, 6.07) is 0. The van der Waals surface area contributed by atoms with Crippen LogP contribution in [-0.2, 0) is 0 Å². The summed E-state index contributed by atoms with van der Waals surface area (Å²) in [5, 5.41) is 9.11. The second kappa shape index (κ2) is 61.4. The predicted molar refractivity (Wildman–Crippen MR) is 440 cm³/mol. The lowest BCUT2D eigenvalue weighted by Gasteiger charge is -2.07. The van der Waals surface area contributed by atoms with Crippen LogP contribution in [0.2, 0.25) is 0 Å². The van der Waals surface area contributed by atoms with Gasteiger partial charge in [0.2, 0.25) is 0 Å². The van der Waals surface area contributed by atoms with E-state index in [9.17, 15) is 0 Å². The lowest BCUT2D eigenvalue weighted by atomic mass is 10.0. The zero-order valence-electron chi connectivity index (χ0n) is 67.3. The Morgan fingerprint density at radius 2 is 0.292 bits per heavy atom. The summed E-state index contributed by atoms with van der Waals surface area (Å²) in [5.74, 6) is 0.611. The van der Waals surface area contributed by atoms with Gasteiger partial charge in [-0.3, -0.25) is 0 Å². The molecule has 0 bridgehead atoms. The minimum atomic E-state index is 0.309. The molecule has 0 aromatic rings. The number of aliphatic hydroxyl groups is 1. The Balaban J connectivity index is 4.35. The number of aliphatic hydroxyl groups excluding tert-OH is 1. The summed E-state index contributed by atoms with van der Waals surface area (Å²) in [5.41, 5.74) is 27.4. The molecule has 1 unspecified atom stereocenters. The van der Waals surface area contributed by atoms with Gasteiger partial charge in [0.25, 0.3) is 0 Å². The molecule has 1 N–H and O–H groups in total. The Labute approximate surface area is 599 Å². The van der Waals surface area contributed by atoms with E-state index in [0.717, 1.165) is 122 Å². The highest BCUT2D eigenvalue weighted by Gasteiger charge is 2.03. The van der Waals surface area contributed by atoms with Crippen LogP contribution in [0, 0.1) is 5.92 Å². The smallest absolute Gasteiger partial charge is 0.0433 e. The van der Waals surface area contributed by atoms with Gasteiger partial charge >= 0.3 is 0 Å². The topological polar surface area (TPSA) is 20.2 Å². The van der Waals surface area contributed by atoms with Crippen molar-refractivity contribution in [1.82, 2.24) is 0 Å². The first-order chi connectivity index (χ1) is 45.9. The summed E-state index contributed by atoms with van der Waals surface area (Å²) in [6.45, 7) is 46.2. The molecule has 0 aromatic heterocycles. The number of hydrogen-bond acceptors (Lipinski definition) is 1. The molecular formula is C95H156O. The van der Waals surface area contributed by atoms with E-state index in [0.29, 0.717) is 12.5 Å². The number of rotatable bonds is 56. The molecular weight excluding hydrogens is 1160 g/mol. The van der Waals surface area contributed by atoms with Gasteiger partial charge in [-0.15, -0.1) is 0 Å². The van der Waals surface area contributed by atoms with E-state index >= 15 is 0 Å². The fraction of sp³-hybridized carbons (Fsp3) is 0.621. The molecule has 0 aliphatic heterocycles. The van der Waals surface area contributed by atoms with Gasteiger partial charge < -0.3 is 5.11 Å². The van der Waals surface area contributed by atoms with Gasteiger partial charge in [-0.25, -0.2) is 0 Å². The summed E-state index contributed by atoms with van der Waals surface area (Å²) in [6.07, 6.45) is 87.0. The third kappa shape index (κ3) is 61.6. The lowest BCUT2D eigenvalue weighted by Crippen LogP contribution is -1.97. The average molecular weight is 1310 g/mol. The van der Waals surface area contributed by atoms with Crippen LogP contribution in [0.1, 0.15) is 376 Å². The highest BCUT2D eigenvalue weighted by molar-refractivity contribution is 5.15. The molecule has 1 atom stereocenters. The van der Waals surface area contributed by atoms with E-state index in [2.05, 4.69) is 248 Å². The van der Waals surface area contributed by atoms with Gasteiger partial charge in [0.15, 0.2) is 0 Å². The van der Waals surface area contributed by atoms with Crippen LogP contribution >= 0.6 is 0 Å². The molecule has 0 aliphatic carbocycles. The first kappa shape index (κ1) is 91.3. The van der Waals surface area contributed by atoms with Gasteiger partial charge in [-0.2, -0.15) is 0 Å². The third-order valence-electron chi connectivity index (χ3n) is 19.4. The van der Waals surface area contributed by atoms with Crippen molar-refractivity contribution in [3.05, 3.63) is 210 Å². The summed E-state index contributed by atoms with van der Waals surface area (Å²) in [7, 11) is 0. The molecule has 0 saturated heterocycles. The summed E-state index contributed by atoms with van der Waals surface area (Å²) >= 11 is 0. The molecule has 0 spiro atoms. The van der Waals surface area contributed by atoms with E-state index in [4.69, 9.17) is 5.11 Å². The molecule has 1 nitrogen and oxygen atoms in total. The second-order valence-corrected chi connectivity index (χ2v) is 30.5. The predicted octanol–water partition coefficient (Wildman–Crippen LogP) is 32.1. The first-order valence-corrected chi connectivity index (χ1v) is 39.3. The molecule has 0 saturated carbocycles. The zero-order valence-corrected chi connectivity index (χ0v) is 67.3. The Hall–Kier alpha value is -4.72. The molecule has 96 heavy (non-hydrogen) atoms. The maximum absolute atomic E-state index is 9.11. The summed E-state index contributed by atoms with van der Waals surface area (Å²) in [4.78, 5) is 0. The van der Waals surface area contributed by atoms with Crippen molar-refractivity contribution in [3.8, 4) is 0 Å². The normalized spacial score (nSPS) is 15.4. The van der Waals surface area contributed by atoms with Crippen LogP contribution in [0.15, 0.2) is 210 Å². The molecule has 0 heterocycles. The quantitative estimate of drug-likeness (QED) is 0.0602. The second-order valence-electron chi connectivity index (χ2n) is 30.5. The highest BCUT2D eigenvalue weighted by Crippen LogP contribution is 2.23. The average Bonchev–Trinajstić information content (AvgIpc) is 3.73. The molecule has 0 aliphatic rings. The van der Waals surface area contributed by atoms with Crippen molar-refractivity contribution in [2.45, 2.75) is 376 Å². The van der Waals surface area contributed by atoms with Crippen LogP contribution < -0.4 is 0 Å². The Kier molecular flexibility index (Phi) is 58.4. The molecule has 0 radical (unpaired) electrons. The SMILES string of the molecule is CC(C)=CCC/C(C)=C/CC/C(C)=C/CC/C(C)=C/CC/C(C)=C/CC/C(C)=C/CC/C(C)=C/CC/C(C)=C/CC/C(C)=C/CC/C(C)=C/CC/C(C)=C/CC/C(C)=C/CC/C(C)=C/CC/C(C)=C/CC/C(C)=C/CC/C(C)=C/CC/C(C)=C/CC/C(C)=C/CCC(C)CCO.